The Labute approximate surface area is 112 Å². The van der Waals surface area contributed by atoms with Gasteiger partial charge in [0, 0.05) is 16.6 Å². The Kier molecular flexibility index (Phi) is 3.93. The molecule has 0 radical (unpaired) electrons. The molecule has 2 nitrogen and oxygen atoms in total. The molecule has 0 heterocycles. The van der Waals surface area contributed by atoms with Gasteiger partial charge < -0.3 is 10.5 Å². The lowest BCUT2D eigenvalue weighted by Gasteiger charge is -2.11. The van der Waals surface area contributed by atoms with Gasteiger partial charge in [-0.1, -0.05) is 34.1 Å². The van der Waals surface area contributed by atoms with Gasteiger partial charge in [-0.3, -0.25) is 0 Å². The van der Waals surface area contributed by atoms with E-state index in [1.165, 1.54) is 6.07 Å². The second kappa shape index (κ2) is 5.46. The minimum Gasteiger partial charge on any atom is -0.454 e. The van der Waals surface area contributed by atoms with E-state index in [4.69, 9.17) is 10.5 Å². The number of nitrogens with two attached hydrogens (primary N) is 1. The number of hydrogen-bond donors (Lipinski definition) is 1. The van der Waals surface area contributed by atoms with Crippen molar-refractivity contribution < 1.29 is 13.5 Å². The monoisotopic (exact) mass is 313 g/mol. The number of halogens is 3. The van der Waals surface area contributed by atoms with E-state index in [-0.39, 0.29) is 12.3 Å². The molecule has 2 aromatic carbocycles. The second-order valence-corrected chi connectivity index (χ2v) is 4.53. The first-order valence-corrected chi connectivity index (χ1v) is 6.01. The van der Waals surface area contributed by atoms with Crippen LogP contribution in [-0.2, 0) is 6.54 Å². The van der Waals surface area contributed by atoms with Gasteiger partial charge in [-0.2, -0.15) is 4.39 Å². The number of hydrogen-bond acceptors (Lipinski definition) is 2. The molecule has 94 valence electrons. The fraction of sp³-hybridized carbons (Fsp3) is 0.0769. The summed E-state index contributed by atoms with van der Waals surface area (Å²) in [5, 5.41) is 0. The lowest BCUT2D eigenvalue weighted by atomic mass is 10.2. The molecular weight excluding hydrogens is 304 g/mol. The molecule has 0 unspecified atom stereocenters. The Morgan fingerprint density at radius 3 is 2.56 bits per heavy atom. The number of benzene rings is 2. The van der Waals surface area contributed by atoms with E-state index >= 15 is 0 Å². The summed E-state index contributed by atoms with van der Waals surface area (Å²) in [6.45, 7) is 0.258. The molecule has 0 aliphatic rings. The van der Waals surface area contributed by atoms with Crippen LogP contribution in [0.4, 0.5) is 8.78 Å². The zero-order valence-corrected chi connectivity index (χ0v) is 10.9. The SMILES string of the molecule is NCc1ccccc1Oc1cc(Br)cc(F)c1F. The molecule has 0 fully saturated rings. The molecule has 0 saturated heterocycles. The van der Waals surface area contributed by atoms with Gasteiger partial charge in [0.2, 0.25) is 5.82 Å². The van der Waals surface area contributed by atoms with Crippen molar-refractivity contribution in [3.8, 4) is 11.5 Å². The van der Waals surface area contributed by atoms with Crippen LogP contribution in [0, 0.1) is 11.6 Å². The summed E-state index contributed by atoms with van der Waals surface area (Å²) in [6.07, 6.45) is 0. The largest absolute Gasteiger partial charge is 0.454 e. The van der Waals surface area contributed by atoms with Crippen LogP contribution in [0.2, 0.25) is 0 Å². The van der Waals surface area contributed by atoms with E-state index in [1.807, 2.05) is 0 Å². The number of para-hydroxylation sites is 1. The zero-order chi connectivity index (χ0) is 13.1. The quantitative estimate of drug-likeness (QED) is 0.870. The molecule has 0 spiro atoms. The molecule has 5 heteroatoms. The highest BCUT2D eigenvalue weighted by Crippen LogP contribution is 2.31. The van der Waals surface area contributed by atoms with Crippen LogP contribution >= 0.6 is 15.9 Å². The third-order valence-electron chi connectivity index (χ3n) is 2.37. The van der Waals surface area contributed by atoms with Crippen molar-refractivity contribution in [1.82, 2.24) is 0 Å². The van der Waals surface area contributed by atoms with Gasteiger partial charge >= 0.3 is 0 Å². The van der Waals surface area contributed by atoms with Gasteiger partial charge in [-0.05, 0) is 18.2 Å². The first-order valence-electron chi connectivity index (χ1n) is 5.22. The lowest BCUT2D eigenvalue weighted by Crippen LogP contribution is -2.00. The van der Waals surface area contributed by atoms with Gasteiger partial charge in [0.1, 0.15) is 5.75 Å². The van der Waals surface area contributed by atoms with Crippen molar-refractivity contribution in [3.05, 3.63) is 58.1 Å². The molecule has 18 heavy (non-hydrogen) atoms. The first kappa shape index (κ1) is 13.0. The summed E-state index contributed by atoms with van der Waals surface area (Å²) in [5.41, 5.74) is 6.26. The van der Waals surface area contributed by atoms with Crippen LogP contribution < -0.4 is 10.5 Å². The van der Waals surface area contributed by atoms with Gasteiger partial charge in [0.15, 0.2) is 11.6 Å². The molecule has 0 amide bonds. The number of rotatable bonds is 3. The average Bonchev–Trinajstić information content (AvgIpc) is 2.36. The van der Waals surface area contributed by atoms with Crippen LogP contribution in [0.5, 0.6) is 11.5 Å². The van der Waals surface area contributed by atoms with Crippen LogP contribution in [-0.4, -0.2) is 0 Å². The van der Waals surface area contributed by atoms with E-state index in [2.05, 4.69) is 15.9 Å². The Morgan fingerprint density at radius 2 is 1.83 bits per heavy atom. The van der Waals surface area contributed by atoms with Gasteiger partial charge in [0.25, 0.3) is 0 Å². The Balaban J connectivity index is 2.40. The highest BCUT2D eigenvalue weighted by atomic mass is 79.9. The van der Waals surface area contributed by atoms with Crippen LogP contribution in [0.1, 0.15) is 5.56 Å². The summed E-state index contributed by atoms with van der Waals surface area (Å²) in [6, 6.07) is 9.36. The fourth-order valence-electron chi connectivity index (χ4n) is 1.50. The van der Waals surface area contributed by atoms with Crippen LogP contribution in [0.25, 0.3) is 0 Å². The van der Waals surface area contributed by atoms with Crippen molar-refractivity contribution in [1.29, 1.82) is 0 Å². The molecule has 2 rings (SSSR count). The summed E-state index contributed by atoms with van der Waals surface area (Å²) < 4.78 is 32.5. The van der Waals surface area contributed by atoms with Crippen molar-refractivity contribution in [3.63, 3.8) is 0 Å². The summed E-state index contributed by atoms with van der Waals surface area (Å²) in [5.74, 6) is -1.76. The lowest BCUT2D eigenvalue weighted by molar-refractivity contribution is 0.412. The van der Waals surface area contributed by atoms with Gasteiger partial charge in [-0.25, -0.2) is 4.39 Å². The third-order valence-corrected chi connectivity index (χ3v) is 2.83. The normalized spacial score (nSPS) is 10.4. The van der Waals surface area contributed by atoms with E-state index < -0.39 is 11.6 Å². The predicted molar refractivity (Wildman–Crippen MR) is 68.5 cm³/mol. The van der Waals surface area contributed by atoms with Gasteiger partial charge in [-0.15, -0.1) is 0 Å². The maximum atomic E-state index is 13.6. The second-order valence-electron chi connectivity index (χ2n) is 3.61. The first-order chi connectivity index (χ1) is 8.61. The average molecular weight is 314 g/mol. The third kappa shape index (κ3) is 2.68. The fourth-order valence-corrected chi connectivity index (χ4v) is 1.91. The predicted octanol–water partition coefficient (Wildman–Crippen LogP) is 3.98. The van der Waals surface area contributed by atoms with Crippen LogP contribution in [0.3, 0.4) is 0 Å². The van der Waals surface area contributed by atoms with Crippen molar-refractivity contribution in [2.24, 2.45) is 5.73 Å². The van der Waals surface area contributed by atoms with E-state index in [9.17, 15) is 8.78 Å². The van der Waals surface area contributed by atoms with Crippen molar-refractivity contribution in [2.75, 3.05) is 0 Å². The molecule has 0 aromatic heterocycles. The van der Waals surface area contributed by atoms with Crippen molar-refractivity contribution >= 4 is 15.9 Å². The summed E-state index contributed by atoms with van der Waals surface area (Å²) in [7, 11) is 0. The zero-order valence-electron chi connectivity index (χ0n) is 9.29. The molecule has 0 atom stereocenters. The molecule has 2 aromatic rings. The molecule has 0 bridgehead atoms. The van der Waals surface area contributed by atoms with E-state index in [0.29, 0.717) is 10.2 Å². The summed E-state index contributed by atoms with van der Waals surface area (Å²) >= 11 is 3.08. The Hall–Kier alpha value is -1.46. The molecule has 2 N–H and O–H groups in total. The summed E-state index contributed by atoms with van der Waals surface area (Å²) in [4.78, 5) is 0. The maximum absolute atomic E-state index is 13.6. The maximum Gasteiger partial charge on any atom is 0.201 e. The number of ether oxygens (including phenoxy) is 1. The van der Waals surface area contributed by atoms with Crippen molar-refractivity contribution in [2.45, 2.75) is 6.54 Å². The molecule has 0 aliphatic heterocycles. The van der Waals surface area contributed by atoms with E-state index in [0.717, 1.165) is 11.6 Å². The minimum absolute atomic E-state index is 0.178. The Morgan fingerprint density at radius 1 is 1.11 bits per heavy atom. The minimum atomic E-state index is -1.02. The standard InChI is InChI=1S/C13H10BrF2NO/c14-9-5-10(15)13(16)12(6-9)18-11-4-2-1-3-8(11)7-17/h1-6H,7,17H2. The topological polar surface area (TPSA) is 35.2 Å². The highest BCUT2D eigenvalue weighted by Gasteiger charge is 2.13. The van der Waals surface area contributed by atoms with Gasteiger partial charge in [0.05, 0.1) is 0 Å². The smallest absolute Gasteiger partial charge is 0.201 e. The van der Waals surface area contributed by atoms with E-state index in [1.54, 1.807) is 24.3 Å². The Bertz CT molecular complexity index is 575. The molecule has 0 saturated carbocycles. The molecular formula is C13H10BrF2NO. The molecule has 0 aliphatic carbocycles. The highest BCUT2D eigenvalue weighted by molar-refractivity contribution is 9.10. The van der Waals surface area contributed by atoms with Crippen LogP contribution in [0.15, 0.2) is 40.9 Å².